The minimum atomic E-state index is -0.456. The molecule has 0 atom stereocenters. The molecule has 4 aliphatic rings. The number of hydrogen-bond donors (Lipinski definition) is 0. The summed E-state index contributed by atoms with van der Waals surface area (Å²) in [6.45, 7) is 6.83. The van der Waals surface area contributed by atoms with Crippen molar-refractivity contribution in [1.29, 1.82) is 0 Å². The van der Waals surface area contributed by atoms with Crippen LogP contribution >= 0.6 is 0 Å². The Kier molecular flexibility index (Phi) is 12.4. The van der Waals surface area contributed by atoms with Gasteiger partial charge in [0.25, 0.3) is 0 Å². The van der Waals surface area contributed by atoms with Crippen LogP contribution in [0.1, 0.15) is 59.1 Å². The molecule has 0 bridgehead atoms. The topological polar surface area (TPSA) is 74.9 Å². The van der Waals surface area contributed by atoms with Crippen LogP contribution in [0.25, 0.3) is 0 Å². The predicted molar refractivity (Wildman–Crippen MR) is 194 cm³/mol. The predicted octanol–water partition coefficient (Wildman–Crippen LogP) is 7.29. The summed E-state index contributed by atoms with van der Waals surface area (Å²) in [7, 11) is 0. The van der Waals surface area contributed by atoms with E-state index in [1.165, 1.54) is 33.4 Å². The second-order valence-electron chi connectivity index (χ2n) is 13.8. The van der Waals surface area contributed by atoms with Crippen LogP contribution in [-0.4, -0.2) is 68.0 Å². The number of likely N-dealkylation sites (tertiary alicyclic amines) is 2. The van der Waals surface area contributed by atoms with E-state index < -0.39 is 13.3 Å². The molecule has 4 heterocycles. The molecule has 0 unspecified atom stereocenters. The van der Waals surface area contributed by atoms with Gasteiger partial charge in [0.15, 0.2) is 0 Å². The Balaban J connectivity index is 0.000000172. The van der Waals surface area contributed by atoms with Crippen LogP contribution in [0.3, 0.4) is 0 Å². The lowest BCUT2D eigenvalue weighted by atomic mass is 9.84. The Labute approximate surface area is 300 Å². The molecule has 7 nitrogen and oxygen atoms in total. The molecule has 51 heavy (non-hydrogen) atoms. The fourth-order valence-electron chi connectivity index (χ4n) is 7.95. The van der Waals surface area contributed by atoms with Crippen LogP contribution < -0.4 is 9.47 Å². The van der Waals surface area contributed by atoms with Gasteiger partial charge in [-0.3, -0.25) is 9.80 Å². The first-order valence-electron chi connectivity index (χ1n) is 18.0. The van der Waals surface area contributed by atoms with Gasteiger partial charge < -0.3 is 24.4 Å². The van der Waals surface area contributed by atoms with Gasteiger partial charge in [-0.25, -0.2) is 8.78 Å². The fourth-order valence-corrected chi connectivity index (χ4v) is 7.95. The number of piperidine rings is 2. The van der Waals surface area contributed by atoms with Crippen LogP contribution in [-0.2, 0) is 47.0 Å². The summed E-state index contributed by atoms with van der Waals surface area (Å²) in [6, 6.07) is 33.2. The van der Waals surface area contributed by atoms with Crippen LogP contribution in [0.15, 0.2) is 97.1 Å². The van der Waals surface area contributed by atoms with Crippen molar-refractivity contribution >= 4 is 0 Å². The lowest BCUT2D eigenvalue weighted by Gasteiger charge is -2.39. The van der Waals surface area contributed by atoms with Gasteiger partial charge in [0.2, 0.25) is 0 Å². The molecule has 2 N–H and O–H groups in total. The van der Waals surface area contributed by atoms with E-state index in [4.69, 9.17) is 18.9 Å². The van der Waals surface area contributed by atoms with E-state index in [0.717, 1.165) is 89.7 Å². The number of hydrogen-bond acceptors (Lipinski definition) is 6. The van der Waals surface area contributed by atoms with Gasteiger partial charge in [0, 0.05) is 39.3 Å². The average molecular weight is 701 g/mol. The number of rotatable bonds is 10. The molecule has 2 saturated heterocycles. The number of ether oxygens (including phenoxy) is 4. The number of fused-ring (bicyclic) bond motifs is 4. The van der Waals surface area contributed by atoms with Crippen molar-refractivity contribution in [2.24, 2.45) is 0 Å². The third-order valence-corrected chi connectivity index (χ3v) is 10.7. The third kappa shape index (κ3) is 8.62. The summed E-state index contributed by atoms with van der Waals surface area (Å²) in [5.74, 6) is 1.46. The molecule has 4 aromatic rings. The molecule has 2 fully saturated rings. The molecule has 0 amide bonds. The SMILES string of the molecule is FCCOc1ccc(CN2CCC3(CC2)OCc2ccccc23)cc1.FCCOc1ccc(CN2CCC3(CC2)OCc2ccccc23)cc1.O. The van der Waals surface area contributed by atoms with Crippen molar-refractivity contribution < 1.29 is 33.2 Å². The monoisotopic (exact) mass is 700 g/mol. The zero-order valence-corrected chi connectivity index (χ0v) is 29.3. The average Bonchev–Trinajstić information content (AvgIpc) is 3.71. The third-order valence-electron chi connectivity index (χ3n) is 10.7. The van der Waals surface area contributed by atoms with Gasteiger partial charge in [-0.05, 0) is 83.3 Å². The molecule has 0 aliphatic carbocycles. The summed E-state index contributed by atoms with van der Waals surface area (Å²) >= 11 is 0. The molecule has 2 spiro atoms. The van der Waals surface area contributed by atoms with Gasteiger partial charge >= 0.3 is 0 Å². The highest BCUT2D eigenvalue weighted by Crippen LogP contribution is 2.45. The number of alkyl halides is 2. The van der Waals surface area contributed by atoms with Gasteiger partial charge in [-0.1, -0.05) is 72.8 Å². The Bertz CT molecular complexity index is 1540. The molecule has 0 radical (unpaired) electrons. The zero-order chi connectivity index (χ0) is 34.2. The first kappa shape index (κ1) is 36.9. The normalized spacial score (nSPS) is 18.7. The van der Waals surface area contributed by atoms with Crippen LogP contribution in [0.2, 0.25) is 0 Å². The standard InChI is InChI=1S/2C21H24FNO2.H2O/c2*22-11-14-24-19-7-5-17(6-8-19)15-23-12-9-21(10-13-23)20-4-2-1-3-18(20)16-25-21;/h2*1-8H,9-16H2;1H2. The van der Waals surface area contributed by atoms with Crippen LogP contribution in [0.5, 0.6) is 11.5 Å². The van der Waals surface area contributed by atoms with Crippen molar-refractivity contribution in [2.45, 2.75) is 63.2 Å². The maximum absolute atomic E-state index is 12.1. The molecular formula is C42H50F2N2O5. The second kappa shape index (κ2) is 17.1. The summed E-state index contributed by atoms with van der Waals surface area (Å²) in [4.78, 5) is 4.96. The van der Waals surface area contributed by atoms with Crippen molar-refractivity contribution in [3.8, 4) is 11.5 Å². The van der Waals surface area contributed by atoms with Crippen molar-refractivity contribution in [1.82, 2.24) is 9.80 Å². The Morgan fingerprint density at radius 1 is 0.529 bits per heavy atom. The molecule has 0 saturated carbocycles. The number of nitrogens with zero attached hydrogens (tertiary/aromatic N) is 2. The lowest BCUT2D eigenvalue weighted by Crippen LogP contribution is -2.42. The molecule has 0 aromatic heterocycles. The van der Waals surface area contributed by atoms with Gasteiger partial charge in [-0.2, -0.15) is 0 Å². The van der Waals surface area contributed by atoms with E-state index >= 15 is 0 Å². The second-order valence-corrected chi connectivity index (χ2v) is 13.8. The van der Waals surface area contributed by atoms with Gasteiger partial charge in [0.05, 0.1) is 24.4 Å². The van der Waals surface area contributed by atoms with Crippen molar-refractivity contribution in [3.63, 3.8) is 0 Å². The van der Waals surface area contributed by atoms with Gasteiger partial charge in [0.1, 0.15) is 38.1 Å². The highest BCUT2D eigenvalue weighted by atomic mass is 19.1. The number of benzene rings is 4. The summed E-state index contributed by atoms with van der Waals surface area (Å²) in [5, 5.41) is 0. The summed E-state index contributed by atoms with van der Waals surface area (Å²) in [5.41, 5.74) is 7.86. The Morgan fingerprint density at radius 2 is 0.902 bits per heavy atom. The maximum atomic E-state index is 12.1. The number of halogens is 2. The molecule has 9 heteroatoms. The van der Waals surface area contributed by atoms with E-state index in [1.807, 2.05) is 24.3 Å². The van der Waals surface area contributed by atoms with E-state index in [9.17, 15) is 8.78 Å². The van der Waals surface area contributed by atoms with E-state index in [1.54, 1.807) is 0 Å². The quantitative estimate of drug-likeness (QED) is 0.173. The summed E-state index contributed by atoms with van der Waals surface area (Å²) < 4.78 is 47.3. The minimum Gasteiger partial charge on any atom is -0.491 e. The van der Waals surface area contributed by atoms with E-state index in [0.29, 0.717) is 0 Å². The molecule has 272 valence electrons. The molecule has 4 aromatic carbocycles. The fraction of sp³-hybridized carbons (Fsp3) is 0.429. The van der Waals surface area contributed by atoms with Crippen LogP contribution in [0.4, 0.5) is 8.78 Å². The molecule has 4 aliphatic heterocycles. The summed E-state index contributed by atoms with van der Waals surface area (Å²) in [6.07, 6.45) is 4.17. The largest absolute Gasteiger partial charge is 0.491 e. The minimum absolute atomic E-state index is 0. The van der Waals surface area contributed by atoms with Crippen molar-refractivity contribution in [2.75, 3.05) is 52.7 Å². The zero-order valence-electron chi connectivity index (χ0n) is 29.3. The van der Waals surface area contributed by atoms with Crippen LogP contribution in [0, 0.1) is 0 Å². The van der Waals surface area contributed by atoms with E-state index in [2.05, 4.69) is 82.6 Å². The van der Waals surface area contributed by atoms with Gasteiger partial charge in [-0.15, -0.1) is 0 Å². The van der Waals surface area contributed by atoms with Crippen molar-refractivity contribution in [3.05, 3.63) is 130 Å². The first-order chi connectivity index (χ1) is 24.6. The maximum Gasteiger partial charge on any atom is 0.123 e. The smallest absolute Gasteiger partial charge is 0.123 e. The van der Waals surface area contributed by atoms with E-state index in [-0.39, 0.29) is 29.9 Å². The molecule has 8 rings (SSSR count). The Hall–Kier alpha value is -3.86. The lowest BCUT2D eigenvalue weighted by molar-refractivity contribution is -0.0800. The first-order valence-corrected chi connectivity index (χ1v) is 18.0. The molecular weight excluding hydrogens is 650 g/mol. The highest BCUT2D eigenvalue weighted by Gasteiger charge is 2.43. The highest BCUT2D eigenvalue weighted by molar-refractivity contribution is 5.37. The Morgan fingerprint density at radius 3 is 1.27 bits per heavy atom.